The van der Waals surface area contributed by atoms with Crippen LogP contribution in [-0.4, -0.2) is 0 Å². The van der Waals surface area contributed by atoms with E-state index in [-0.39, 0.29) is 5.54 Å². The van der Waals surface area contributed by atoms with Crippen LogP contribution in [0.1, 0.15) is 61.8 Å². The lowest BCUT2D eigenvalue weighted by Gasteiger charge is -2.42. The van der Waals surface area contributed by atoms with Crippen molar-refractivity contribution in [1.82, 2.24) is 0 Å². The summed E-state index contributed by atoms with van der Waals surface area (Å²) in [6.07, 6.45) is 4.69. The molecule has 0 amide bonds. The number of aryl methyl sites for hydroxylation is 3. The zero-order valence-corrected chi connectivity index (χ0v) is 12.6. The van der Waals surface area contributed by atoms with Crippen LogP contribution in [0.2, 0.25) is 0 Å². The third kappa shape index (κ3) is 2.47. The highest BCUT2D eigenvalue weighted by atomic mass is 14.8. The van der Waals surface area contributed by atoms with Gasteiger partial charge in [0.25, 0.3) is 0 Å². The highest BCUT2D eigenvalue weighted by molar-refractivity contribution is 5.40. The maximum absolute atomic E-state index is 6.72. The fourth-order valence-electron chi connectivity index (χ4n) is 3.14. The topological polar surface area (TPSA) is 26.0 Å². The Kier molecular flexibility index (Phi) is 3.31. The molecule has 100 valence electrons. The average Bonchev–Trinajstić information content (AvgIpc) is 2.28. The van der Waals surface area contributed by atoms with E-state index in [2.05, 4.69) is 46.8 Å². The molecule has 1 aromatic rings. The summed E-state index contributed by atoms with van der Waals surface area (Å²) >= 11 is 0. The molecule has 0 saturated heterocycles. The number of hydrogen-bond donors (Lipinski definition) is 1. The highest BCUT2D eigenvalue weighted by Crippen LogP contribution is 2.44. The summed E-state index contributed by atoms with van der Waals surface area (Å²) in [6.45, 7) is 11.3. The molecule has 1 fully saturated rings. The van der Waals surface area contributed by atoms with Crippen LogP contribution >= 0.6 is 0 Å². The number of rotatable bonds is 1. The molecule has 0 bridgehead atoms. The molecule has 0 aromatic heterocycles. The van der Waals surface area contributed by atoms with Gasteiger partial charge in [-0.25, -0.2) is 0 Å². The maximum atomic E-state index is 6.72. The van der Waals surface area contributed by atoms with Gasteiger partial charge in [0, 0.05) is 5.54 Å². The molecule has 1 nitrogen and oxygen atoms in total. The van der Waals surface area contributed by atoms with Gasteiger partial charge in [0.15, 0.2) is 0 Å². The van der Waals surface area contributed by atoms with Gasteiger partial charge in [-0.15, -0.1) is 0 Å². The smallest absolute Gasteiger partial charge is 0.0412 e. The summed E-state index contributed by atoms with van der Waals surface area (Å²) < 4.78 is 0. The summed E-state index contributed by atoms with van der Waals surface area (Å²) in [5.74, 6) is 0. The van der Waals surface area contributed by atoms with Crippen molar-refractivity contribution >= 4 is 0 Å². The monoisotopic (exact) mass is 245 g/mol. The zero-order chi connectivity index (χ0) is 13.6. The molecule has 2 rings (SSSR count). The van der Waals surface area contributed by atoms with Gasteiger partial charge in [-0.05, 0) is 74.1 Å². The van der Waals surface area contributed by atoms with Gasteiger partial charge in [0.2, 0.25) is 0 Å². The van der Waals surface area contributed by atoms with Gasteiger partial charge in [-0.3, -0.25) is 0 Å². The van der Waals surface area contributed by atoms with E-state index in [4.69, 9.17) is 5.73 Å². The van der Waals surface area contributed by atoms with Gasteiger partial charge in [-0.2, -0.15) is 0 Å². The third-order valence-corrected chi connectivity index (χ3v) is 4.87. The fourth-order valence-corrected chi connectivity index (χ4v) is 3.14. The molecule has 0 unspecified atom stereocenters. The standard InChI is InChI=1S/C17H27N/c1-12-10-14(3)15(11-13(12)2)17(18)8-6-16(4,5)7-9-17/h10-11H,6-9,18H2,1-5H3. The molecule has 0 aliphatic heterocycles. The van der Waals surface area contributed by atoms with Crippen LogP contribution in [0.3, 0.4) is 0 Å². The van der Waals surface area contributed by atoms with Crippen molar-refractivity contribution in [3.63, 3.8) is 0 Å². The molecular formula is C17H27N. The first-order valence-electron chi connectivity index (χ1n) is 7.11. The van der Waals surface area contributed by atoms with E-state index >= 15 is 0 Å². The molecule has 0 heterocycles. The molecule has 1 aromatic carbocycles. The summed E-state index contributed by atoms with van der Waals surface area (Å²) in [5.41, 5.74) is 12.6. The Balaban J connectivity index is 2.34. The molecule has 1 aliphatic carbocycles. The average molecular weight is 245 g/mol. The quantitative estimate of drug-likeness (QED) is 0.781. The van der Waals surface area contributed by atoms with Crippen LogP contribution in [0.4, 0.5) is 0 Å². The van der Waals surface area contributed by atoms with Gasteiger partial charge >= 0.3 is 0 Å². The van der Waals surface area contributed by atoms with E-state index in [9.17, 15) is 0 Å². The highest BCUT2D eigenvalue weighted by Gasteiger charge is 2.37. The molecule has 2 N–H and O–H groups in total. The summed E-state index contributed by atoms with van der Waals surface area (Å²) in [6, 6.07) is 4.61. The first kappa shape index (κ1) is 13.6. The Hall–Kier alpha value is -0.820. The minimum absolute atomic E-state index is 0.0991. The predicted octanol–water partition coefficient (Wildman–Crippen LogP) is 4.37. The Morgan fingerprint density at radius 3 is 1.89 bits per heavy atom. The predicted molar refractivity (Wildman–Crippen MR) is 78.8 cm³/mol. The minimum Gasteiger partial charge on any atom is -0.321 e. The summed E-state index contributed by atoms with van der Waals surface area (Å²) in [7, 11) is 0. The van der Waals surface area contributed by atoms with Crippen LogP contribution in [0.25, 0.3) is 0 Å². The van der Waals surface area contributed by atoms with Gasteiger partial charge in [-0.1, -0.05) is 26.0 Å². The first-order chi connectivity index (χ1) is 8.23. The van der Waals surface area contributed by atoms with Crippen LogP contribution in [0.15, 0.2) is 12.1 Å². The maximum Gasteiger partial charge on any atom is 0.0412 e. The Bertz CT molecular complexity index is 447. The number of nitrogens with two attached hydrogens (primary N) is 1. The SMILES string of the molecule is Cc1cc(C)c(C2(N)CCC(C)(C)CC2)cc1C. The minimum atomic E-state index is -0.0991. The molecule has 0 radical (unpaired) electrons. The largest absolute Gasteiger partial charge is 0.321 e. The van der Waals surface area contributed by atoms with Crippen molar-refractivity contribution in [2.45, 2.75) is 65.8 Å². The Morgan fingerprint density at radius 2 is 1.33 bits per heavy atom. The van der Waals surface area contributed by atoms with E-state index < -0.39 is 0 Å². The fraction of sp³-hybridized carbons (Fsp3) is 0.647. The second kappa shape index (κ2) is 4.38. The molecule has 1 saturated carbocycles. The molecule has 0 spiro atoms. The molecule has 1 heteroatoms. The van der Waals surface area contributed by atoms with Crippen LogP contribution < -0.4 is 5.73 Å². The van der Waals surface area contributed by atoms with E-state index in [0.717, 1.165) is 12.8 Å². The summed E-state index contributed by atoms with van der Waals surface area (Å²) in [5, 5.41) is 0. The van der Waals surface area contributed by atoms with Crippen molar-refractivity contribution in [2.75, 3.05) is 0 Å². The Labute approximate surface area is 112 Å². The van der Waals surface area contributed by atoms with Gasteiger partial charge in [0.05, 0.1) is 0 Å². The molecule has 0 atom stereocenters. The van der Waals surface area contributed by atoms with Gasteiger partial charge < -0.3 is 5.73 Å². The molecule has 18 heavy (non-hydrogen) atoms. The zero-order valence-electron chi connectivity index (χ0n) is 12.6. The van der Waals surface area contributed by atoms with Crippen molar-refractivity contribution in [3.8, 4) is 0 Å². The van der Waals surface area contributed by atoms with Crippen LogP contribution in [-0.2, 0) is 5.54 Å². The first-order valence-corrected chi connectivity index (χ1v) is 7.11. The van der Waals surface area contributed by atoms with E-state index in [1.165, 1.54) is 35.1 Å². The van der Waals surface area contributed by atoms with E-state index in [1.54, 1.807) is 0 Å². The number of benzene rings is 1. The van der Waals surface area contributed by atoms with Gasteiger partial charge in [0.1, 0.15) is 0 Å². The van der Waals surface area contributed by atoms with Crippen molar-refractivity contribution in [3.05, 3.63) is 34.4 Å². The second-order valence-electron chi connectivity index (χ2n) is 7.07. The summed E-state index contributed by atoms with van der Waals surface area (Å²) in [4.78, 5) is 0. The lowest BCUT2D eigenvalue weighted by Crippen LogP contribution is -2.43. The van der Waals surface area contributed by atoms with Crippen LogP contribution in [0, 0.1) is 26.2 Å². The Morgan fingerprint density at radius 1 is 0.833 bits per heavy atom. The van der Waals surface area contributed by atoms with Crippen LogP contribution in [0.5, 0.6) is 0 Å². The number of hydrogen-bond acceptors (Lipinski definition) is 1. The lowest BCUT2D eigenvalue weighted by atomic mass is 9.66. The van der Waals surface area contributed by atoms with E-state index in [0.29, 0.717) is 5.41 Å². The van der Waals surface area contributed by atoms with Crippen molar-refractivity contribution < 1.29 is 0 Å². The van der Waals surface area contributed by atoms with Crippen molar-refractivity contribution in [1.29, 1.82) is 0 Å². The third-order valence-electron chi connectivity index (χ3n) is 4.87. The molecule has 1 aliphatic rings. The second-order valence-corrected chi connectivity index (χ2v) is 7.07. The van der Waals surface area contributed by atoms with E-state index in [1.807, 2.05) is 0 Å². The normalized spacial score (nSPS) is 21.9. The molecular weight excluding hydrogens is 218 g/mol. The lowest BCUT2D eigenvalue weighted by molar-refractivity contribution is 0.165. The van der Waals surface area contributed by atoms with Crippen molar-refractivity contribution in [2.24, 2.45) is 11.1 Å².